The van der Waals surface area contributed by atoms with Crippen molar-refractivity contribution in [3.8, 4) is 0 Å². The number of aliphatic carboxylic acids is 1. The van der Waals surface area contributed by atoms with Crippen LogP contribution in [0.2, 0.25) is 0 Å². The quantitative estimate of drug-likeness (QED) is 0.412. The van der Waals surface area contributed by atoms with Crippen molar-refractivity contribution in [2.24, 2.45) is 22.2 Å². The molecular formula is C8H13N5O2S2. The average molecular weight is 275 g/mol. The lowest BCUT2D eigenvalue weighted by molar-refractivity contribution is -0.137. The predicted octanol–water partition coefficient (Wildman–Crippen LogP) is -0.307. The molecule has 0 aromatic carbocycles. The molecule has 0 saturated carbocycles. The van der Waals surface area contributed by atoms with Crippen LogP contribution in [0.3, 0.4) is 0 Å². The molecule has 0 fully saturated rings. The van der Waals surface area contributed by atoms with E-state index < -0.39 is 12.0 Å². The van der Waals surface area contributed by atoms with Crippen LogP contribution in [0.4, 0.5) is 5.13 Å². The Morgan fingerprint density at radius 1 is 1.65 bits per heavy atom. The van der Waals surface area contributed by atoms with Gasteiger partial charge in [0.05, 0.1) is 5.69 Å². The number of nitrogens with two attached hydrogens (primary N) is 3. The molecule has 0 spiro atoms. The number of rotatable bonds is 6. The van der Waals surface area contributed by atoms with Crippen LogP contribution < -0.4 is 17.2 Å². The first-order chi connectivity index (χ1) is 7.99. The third-order valence-corrected chi connectivity index (χ3v) is 3.51. The molecule has 1 unspecified atom stereocenters. The third kappa shape index (κ3) is 5.02. The maximum Gasteiger partial charge on any atom is 0.321 e. The van der Waals surface area contributed by atoms with Gasteiger partial charge in [-0.3, -0.25) is 4.79 Å². The van der Waals surface area contributed by atoms with Gasteiger partial charge >= 0.3 is 5.97 Å². The van der Waals surface area contributed by atoms with Gasteiger partial charge in [0.1, 0.15) is 6.04 Å². The Bertz CT molecular complexity index is 416. The number of aromatic nitrogens is 1. The molecule has 17 heavy (non-hydrogen) atoms. The Labute approximate surface area is 106 Å². The zero-order valence-electron chi connectivity index (χ0n) is 8.87. The van der Waals surface area contributed by atoms with Gasteiger partial charge in [0, 0.05) is 16.9 Å². The topological polar surface area (TPSA) is 141 Å². The lowest BCUT2D eigenvalue weighted by atomic mass is 10.4. The van der Waals surface area contributed by atoms with Crippen molar-refractivity contribution in [1.29, 1.82) is 0 Å². The Morgan fingerprint density at radius 2 is 2.35 bits per heavy atom. The highest BCUT2D eigenvalue weighted by Crippen LogP contribution is 2.21. The minimum absolute atomic E-state index is 0.0357. The van der Waals surface area contributed by atoms with Crippen molar-refractivity contribution in [3.05, 3.63) is 11.1 Å². The van der Waals surface area contributed by atoms with E-state index in [2.05, 4.69) is 9.98 Å². The summed E-state index contributed by atoms with van der Waals surface area (Å²) in [6, 6.07) is -0.851. The number of thioether (sulfide) groups is 1. The molecule has 7 nitrogen and oxygen atoms in total. The van der Waals surface area contributed by atoms with E-state index in [9.17, 15) is 4.79 Å². The molecule has 0 amide bonds. The molecule has 0 aliphatic rings. The van der Waals surface area contributed by atoms with E-state index in [1.165, 1.54) is 23.1 Å². The van der Waals surface area contributed by atoms with E-state index in [1.807, 2.05) is 5.38 Å². The van der Waals surface area contributed by atoms with Crippen molar-refractivity contribution >= 4 is 40.2 Å². The molecule has 1 heterocycles. The van der Waals surface area contributed by atoms with Crippen LogP contribution in [0.15, 0.2) is 10.4 Å². The van der Waals surface area contributed by atoms with Gasteiger partial charge < -0.3 is 22.3 Å². The second-order valence-corrected chi connectivity index (χ2v) is 4.98. The van der Waals surface area contributed by atoms with Gasteiger partial charge in [-0.15, -0.1) is 11.3 Å². The van der Waals surface area contributed by atoms with E-state index >= 15 is 0 Å². The van der Waals surface area contributed by atoms with Crippen molar-refractivity contribution in [2.75, 3.05) is 5.75 Å². The van der Waals surface area contributed by atoms with Crippen molar-refractivity contribution in [2.45, 2.75) is 11.8 Å². The van der Waals surface area contributed by atoms with Crippen LogP contribution >= 0.6 is 23.1 Å². The molecular weight excluding hydrogens is 262 g/mol. The highest BCUT2D eigenvalue weighted by Gasteiger charge is 2.11. The van der Waals surface area contributed by atoms with Gasteiger partial charge in [0.25, 0.3) is 0 Å². The SMILES string of the molecule is NC(N)=Nc1nc(CSCC(N)C(=O)O)cs1. The summed E-state index contributed by atoms with van der Waals surface area (Å²) in [7, 11) is 0. The molecule has 0 saturated heterocycles. The lowest BCUT2D eigenvalue weighted by Gasteiger charge is -2.03. The summed E-state index contributed by atoms with van der Waals surface area (Å²) in [4.78, 5) is 18.4. The molecule has 0 aliphatic heterocycles. The number of hydrogen-bond acceptors (Lipinski definition) is 6. The zero-order chi connectivity index (χ0) is 12.8. The number of guanidine groups is 1. The Hall–Kier alpha value is -1.32. The zero-order valence-corrected chi connectivity index (χ0v) is 10.5. The molecule has 1 atom stereocenters. The Morgan fingerprint density at radius 3 is 2.94 bits per heavy atom. The minimum atomic E-state index is -1.00. The third-order valence-electron chi connectivity index (χ3n) is 1.63. The summed E-state index contributed by atoms with van der Waals surface area (Å²) < 4.78 is 0. The van der Waals surface area contributed by atoms with Gasteiger partial charge in [-0.2, -0.15) is 16.8 Å². The first-order valence-electron chi connectivity index (χ1n) is 4.59. The van der Waals surface area contributed by atoms with Crippen LogP contribution in [0.25, 0.3) is 0 Å². The largest absolute Gasteiger partial charge is 0.480 e. The van der Waals surface area contributed by atoms with Crippen LogP contribution in [0.1, 0.15) is 5.69 Å². The van der Waals surface area contributed by atoms with Gasteiger partial charge in [-0.25, -0.2) is 4.98 Å². The molecule has 0 bridgehead atoms. The summed E-state index contributed by atoms with van der Waals surface area (Å²) in [5, 5.41) is 10.9. The number of aliphatic imine (C=N–C) groups is 1. The number of hydrogen-bond donors (Lipinski definition) is 4. The van der Waals surface area contributed by atoms with Gasteiger partial charge in [-0.1, -0.05) is 0 Å². The fraction of sp³-hybridized carbons (Fsp3) is 0.375. The van der Waals surface area contributed by atoms with Crippen molar-refractivity contribution in [3.63, 3.8) is 0 Å². The maximum absolute atomic E-state index is 10.5. The Kier molecular flexibility index (Phi) is 5.19. The van der Waals surface area contributed by atoms with E-state index in [0.717, 1.165) is 5.69 Å². The second kappa shape index (κ2) is 6.42. The standard InChI is InChI=1S/C8H13N5O2S2/c9-5(6(14)15)3-16-1-4-2-17-8(12-4)13-7(10)11/h2,5H,1,3,9H2,(H,14,15)(H4,10,11,12,13). The number of carboxylic acid groups (broad SMARTS) is 1. The number of thiazole rings is 1. The maximum atomic E-state index is 10.5. The number of carbonyl (C=O) groups is 1. The fourth-order valence-corrected chi connectivity index (χ4v) is 2.57. The summed E-state index contributed by atoms with van der Waals surface area (Å²) >= 11 is 2.73. The van der Waals surface area contributed by atoms with Crippen LogP contribution in [-0.4, -0.2) is 33.8 Å². The molecule has 7 N–H and O–H groups in total. The average Bonchev–Trinajstić information content (AvgIpc) is 2.64. The summed E-state index contributed by atoms with van der Waals surface area (Å²) in [6.45, 7) is 0. The first-order valence-corrected chi connectivity index (χ1v) is 6.62. The highest BCUT2D eigenvalue weighted by atomic mass is 32.2. The fourth-order valence-electron chi connectivity index (χ4n) is 0.886. The van der Waals surface area contributed by atoms with Crippen molar-refractivity contribution < 1.29 is 9.90 Å². The molecule has 94 valence electrons. The smallest absolute Gasteiger partial charge is 0.321 e. The van der Waals surface area contributed by atoms with Crippen LogP contribution in [0.5, 0.6) is 0 Å². The molecule has 1 aromatic rings. The monoisotopic (exact) mass is 275 g/mol. The van der Waals surface area contributed by atoms with Gasteiger partial charge in [-0.05, 0) is 0 Å². The summed E-state index contributed by atoms with van der Waals surface area (Å²) in [6.07, 6.45) is 0. The van der Waals surface area contributed by atoms with Gasteiger partial charge in [0.15, 0.2) is 5.96 Å². The molecule has 0 radical (unpaired) electrons. The van der Waals surface area contributed by atoms with Crippen LogP contribution in [-0.2, 0) is 10.5 Å². The van der Waals surface area contributed by atoms with Crippen molar-refractivity contribution in [1.82, 2.24) is 4.98 Å². The number of carboxylic acids is 1. The van der Waals surface area contributed by atoms with E-state index in [-0.39, 0.29) is 5.96 Å². The Balaban J connectivity index is 2.40. The molecule has 9 heteroatoms. The normalized spacial score (nSPS) is 12.1. The lowest BCUT2D eigenvalue weighted by Crippen LogP contribution is -2.32. The van der Waals surface area contributed by atoms with E-state index in [0.29, 0.717) is 16.6 Å². The van der Waals surface area contributed by atoms with Crippen LogP contribution in [0, 0.1) is 0 Å². The van der Waals surface area contributed by atoms with E-state index in [1.54, 1.807) is 0 Å². The predicted molar refractivity (Wildman–Crippen MR) is 69.4 cm³/mol. The van der Waals surface area contributed by atoms with Gasteiger partial charge in [0.2, 0.25) is 5.13 Å². The minimum Gasteiger partial charge on any atom is -0.480 e. The number of nitrogens with zero attached hydrogens (tertiary/aromatic N) is 2. The second-order valence-electron chi connectivity index (χ2n) is 3.12. The highest BCUT2D eigenvalue weighted by molar-refractivity contribution is 7.98. The first kappa shape index (κ1) is 13.7. The van der Waals surface area contributed by atoms with E-state index in [4.69, 9.17) is 22.3 Å². The molecule has 1 rings (SSSR count). The molecule has 0 aliphatic carbocycles. The summed E-state index contributed by atoms with van der Waals surface area (Å²) in [5.74, 6) is -0.120. The molecule has 1 aromatic heterocycles. The summed E-state index contributed by atoms with van der Waals surface area (Å²) in [5.41, 5.74) is 16.6.